The first kappa shape index (κ1) is 22.0. The Labute approximate surface area is 213 Å². The molecule has 1 fully saturated rings. The number of anilines is 2. The third-order valence-electron chi connectivity index (χ3n) is 8.06. The van der Waals surface area contributed by atoms with Crippen LogP contribution >= 0.6 is 0 Å². The van der Waals surface area contributed by atoms with E-state index in [-0.39, 0.29) is 11.4 Å². The number of nitrogens with one attached hydrogen (secondary N) is 2. The zero-order valence-electron chi connectivity index (χ0n) is 20.4. The summed E-state index contributed by atoms with van der Waals surface area (Å²) < 4.78 is 7.57. The van der Waals surface area contributed by atoms with Gasteiger partial charge in [-0.1, -0.05) is 12.1 Å². The minimum Gasteiger partial charge on any atom is -0.381 e. The van der Waals surface area contributed by atoms with Crippen molar-refractivity contribution in [1.29, 1.82) is 5.26 Å². The lowest BCUT2D eigenvalue weighted by molar-refractivity contribution is -0.0132. The molecule has 1 spiro atoms. The predicted octanol–water partition coefficient (Wildman–Crippen LogP) is 3.71. The number of carbonyl (C=O) groups excluding carboxylic acids is 1. The first-order valence-corrected chi connectivity index (χ1v) is 12.5. The zero-order chi connectivity index (χ0) is 25.1. The standard InChI is InChI=1S/C28H25N7O2/c1-34-16-22-20(28(34)7-10-37-11-8-28)3-5-24(33-22)32-21-4-2-18(19-14-31-27(36)26(19)21)23-15-30-25-12-17(13-29)6-9-35(23)25/h2-6,9,12,15H,7-8,10-11,14,16H2,1H3,(H,31,36)(H,32,33). The normalized spacial score (nSPS) is 18.0. The summed E-state index contributed by atoms with van der Waals surface area (Å²) in [4.78, 5) is 24.8. The first-order chi connectivity index (χ1) is 18.1. The molecule has 37 heavy (non-hydrogen) atoms. The third-order valence-corrected chi connectivity index (χ3v) is 8.06. The number of aromatic nitrogens is 3. The Hall–Kier alpha value is -4.26. The van der Waals surface area contributed by atoms with E-state index in [1.165, 1.54) is 5.56 Å². The highest BCUT2D eigenvalue weighted by atomic mass is 16.5. The summed E-state index contributed by atoms with van der Waals surface area (Å²) in [6.07, 6.45) is 5.57. The fourth-order valence-corrected chi connectivity index (χ4v) is 6.14. The summed E-state index contributed by atoms with van der Waals surface area (Å²) >= 11 is 0. The van der Waals surface area contributed by atoms with Crippen molar-refractivity contribution >= 4 is 23.1 Å². The molecule has 3 aliphatic heterocycles. The summed E-state index contributed by atoms with van der Waals surface area (Å²) in [6.45, 7) is 2.77. The lowest BCUT2D eigenvalue weighted by atomic mass is 9.84. The Morgan fingerprint density at radius 2 is 2.05 bits per heavy atom. The molecule has 0 bridgehead atoms. The summed E-state index contributed by atoms with van der Waals surface area (Å²) in [6, 6.07) is 13.8. The van der Waals surface area contributed by atoms with E-state index < -0.39 is 0 Å². The highest BCUT2D eigenvalue weighted by Crippen LogP contribution is 2.45. The van der Waals surface area contributed by atoms with Gasteiger partial charge < -0.3 is 15.4 Å². The Balaban J connectivity index is 1.25. The molecule has 2 N–H and O–H groups in total. The molecule has 1 aromatic carbocycles. The second kappa shape index (κ2) is 8.13. The van der Waals surface area contributed by atoms with Crippen molar-refractivity contribution in [2.24, 2.45) is 0 Å². The number of nitriles is 1. The van der Waals surface area contributed by atoms with Gasteiger partial charge in [0.1, 0.15) is 11.5 Å². The molecule has 3 aromatic heterocycles. The van der Waals surface area contributed by atoms with Gasteiger partial charge in [-0.15, -0.1) is 0 Å². The lowest BCUT2D eigenvalue weighted by Crippen LogP contribution is -2.43. The largest absolute Gasteiger partial charge is 0.381 e. The van der Waals surface area contributed by atoms with Gasteiger partial charge in [-0.05, 0) is 55.3 Å². The molecule has 4 aromatic rings. The Morgan fingerprint density at radius 1 is 1.19 bits per heavy atom. The number of nitrogens with zero attached hydrogens (tertiary/aromatic N) is 5. The molecule has 6 heterocycles. The van der Waals surface area contributed by atoms with Crippen molar-refractivity contribution in [2.75, 3.05) is 25.6 Å². The van der Waals surface area contributed by atoms with Crippen LogP contribution in [0.3, 0.4) is 0 Å². The van der Waals surface area contributed by atoms with Crippen LogP contribution in [0, 0.1) is 11.3 Å². The van der Waals surface area contributed by atoms with Crippen LogP contribution in [0.5, 0.6) is 0 Å². The summed E-state index contributed by atoms with van der Waals surface area (Å²) in [5.41, 5.74) is 7.70. The van der Waals surface area contributed by atoms with Gasteiger partial charge in [-0.2, -0.15) is 5.26 Å². The number of benzene rings is 1. The van der Waals surface area contributed by atoms with E-state index in [2.05, 4.69) is 39.7 Å². The molecule has 3 aliphatic rings. The minimum atomic E-state index is -0.109. The number of amides is 1. The van der Waals surface area contributed by atoms with Crippen LogP contribution in [0.15, 0.2) is 48.8 Å². The number of rotatable bonds is 3. The maximum Gasteiger partial charge on any atom is 0.254 e. The first-order valence-electron chi connectivity index (χ1n) is 12.5. The van der Waals surface area contributed by atoms with Gasteiger partial charge in [0.05, 0.1) is 46.0 Å². The van der Waals surface area contributed by atoms with Crippen LogP contribution in [-0.4, -0.2) is 45.4 Å². The van der Waals surface area contributed by atoms with Gasteiger partial charge in [0.15, 0.2) is 0 Å². The van der Waals surface area contributed by atoms with Crippen molar-refractivity contribution in [3.05, 3.63) is 76.7 Å². The van der Waals surface area contributed by atoms with E-state index in [4.69, 9.17) is 9.72 Å². The van der Waals surface area contributed by atoms with Crippen LogP contribution < -0.4 is 10.6 Å². The van der Waals surface area contributed by atoms with E-state index in [0.29, 0.717) is 23.3 Å². The van der Waals surface area contributed by atoms with E-state index in [1.807, 2.05) is 28.8 Å². The van der Waals surface area contributed by atoms with Crippen molar-refractivity contribution < 1.29 is 9.53 Å². The fraction of sp³-hybridized carbons (Fsp3) is 0.286. The molecule has 0 saturated carbocycles. The van der Waals surface area contributed by atoms with E-state index in [0.717, 1.165) is 66.6 Å². The maximum absolute atomic E-state index is 12.9. The minimum absolute atomic E-state index is 0.00388. The molecule has 9 heteroatoms. The van der Waals surface area contributed by atoms with Crippen molar-refractivity contribution in [1.82, 2.24) is 24.6 Å². The Morgan fingerprint density at radius 3 is 2.89 bits per heavy atom. The second-order valence-electron chi connectivity index (χ2n) is 9.91. The molecule has 0 radical (unpaired) electrons. The fourth-order valence-electron chi connectivity index (χ4n) is 6.14. The van der Waals surface area contributed by atoms with E-state index in [1.54, 1.807) is 18.3 Å². The van der Waals surface area contributed by atoms with Crippen molar-refractivity contribution in [2.45, 2.75) is 31.5 Å². The molecule has 9 nitrogen and oxygen atoms in total. The highest BCUT2D eigenvalue weighted by Gasteiger charge is 2.45. The predicted molar refractivity (Wildman–Crippen MR) is 137 cm³/mol. The number of imidazole rings is 1. The monoisotopic (exact) mass is 491 g/mol. The molecule has 0 unspecified atom stereocenters. The average Bonchev–Trinajstić information content (AvgIpc) is 3.59. The maximum atomic E-state index is 12.9. The number of hydrogen-bond acceptors (Lipinski definition) is 7. The van der Waals surface area contributed by atoms with Crippen LogP contribution in [0.25, 0.3) is 16.9 Å². The highest BCUT2D eigenvalue weighted by molar-refractivity contribution is 6.06. The summed E-state index contributed by atoms with van der Waals surface area (Å²) in [5.74, 6) is 0.617. The molecular weight excluding hydrogens is 466 g/mol. The Kier molecular flexibility index (Phi) is 4.83. The van der Waals surface area contributed by atoms with Gasteiger partial charge in [-0.25, -0.2) is 9.97 Å². The van der Waals surface area contributed by atoms with Crippen LogP contribution in [-0.2, 0) is 23.4 Å². The smallest absolute Gasteiger partial charge is 0.254 e. The van der Waals surface area contributed by atoms with Gasteiger partial charge >= 0.3 is 0 Å². The third kappa shape index (κ3) is 3.26. The molecule has 0 aliphatic carbocycles. The molecule has 7 rings (SSSR count). The number of pyridine rings is 2. The van der Waals surface area contributed by atoms with Crippen molar-refractivity contribution in [3.8, 4) is 17.3 Å². The van der Waals surface area contributed by atoms with Gasteiger partial charge in [0.2, 0.25) is 0 Å². The molecule has 184 valence electrons. The van der Waals surface area contributed by atoms with E-state index >= 15 is 0 Å². The van der Waals surface area contributed by atoms with Crippen LogP contribution in [0.4, 0.5) is 11.5 Å². The van der Waals surface area contributed by atoms with Gasteiger partial charge in [-0.3, -0.25) is 14.1 Å². The average molecular weight is 492 g/mol. The quantitative estimate of drug-likeness (QED) is 0.450. The van der Waals surface area contributed by atoms with Gasteiger partial charge in [0, 0.05) is 38.1 Å². The van der Waals surface area contributed by atoms with Crippen LogP contribution in [0.2, 0.25) is 0 Å². The van der Waals surface area contributed by atoms with Crippen LogP contribution in [0.1, 0.15) is 45.6 Å². The number of fused-ring (bicyclic) bond motifs is 4. The van der Waals surface area contributed by atoms with Crippen molar-refractivity contribution in [3.63, 3.8) is 0 Å². The van der Waals surface area contributed by atoms with Gasteiger partial charge in [0.25, 0.3) is 5.91 Å². The summed E-state index contributed by atoms with van der Waals surface area (Å²) in [7, 11) is 2.16. The molecule has 0 atom stereocenters. The lowest BCUT2D eigenvalue weighted by Gasteiger charge is -2.40. The molecule has 1 saturated heterocycles. The zero-order valence-corrected chi connectivity index (χ0v) is 20.4. The molecule has 1 amide bonds. The Bertz CT molecular complexity index is 1630. The topological polar surface area (TPSA) is 108 Å². The summed E-state index contributed by atoms with van der Waals surface area (Å²) in [5, 5.41) is 15.6. The molecular formula is C28H25N7O2. The number of ether oxygens (including phenoxy) is 1. The van der Waals surface area contributed by atoms with E-state index in [9.17, 15) is 10.1 Å². The SMILES string of the molecule is CN1Cc2nc(Nc3ccc(-c4cnc5cc(C#N)ccn45)c4c3C(=O)NC4)ccc2C12CCOCC2. The number of hydrogen-bond donors (Lipinski definition) is 2. The number of carbonyl (C=O) groups is 1. The second-order valence-corrected chi connectivity index (χ2v) is 9.91.